The molecule has 0 aliphatic carbocycles. The maximum Gasteiger partial charge on any atom is 0.311 e. The van der Waals surface area contributed by atoms with Gasteiger partial charge in [-0.15, -0.1) is 0 Å². The van der Waals surface area contributed by atoms with E-state index < -0.39 is 5.97 Å². The number of nitrogens with zero attached hydrogens (tertiary/aromatic N) is 1. The molecule has 0 radical (unpaired) electrons. The molecule has 2 aromatic rings. The van der Waals surface area contributed by atoms with Crippen LogP contribution in [0, 0.1) is 0 Å². The lowest BCUT2D eigenvalue weighted by Crippen LogP contribution is -2.15. The summed E-state index contributed by atoms with van der Waals surface area (Å²) >= 11 is 0. The van der Waals surface area contributed by atoms with Gasteiger partial charge < -0.3 is 14.8 Å². The minimum atomic E-state index is -0.454. The third kappa shape index (κ3) is 4.34. The van der Waals surface area contributed by atoms with Gasteiger partial charge >= 0.3 is 5.97 Å². The summed E-state index contributed by atoms with van der Waals surface area (Å²) in [7, 11) is 1.29. The van der Waals surface area contributed by atoms with Crippen molar-refractivity contribution in [2.45, 2.75) is 13.3 Å². The van der Waals surface area contributed by atoms with E-state index in [4.69, 9.17) is 4.74 Å². The van der Waals surface area contributed by atoms with E-state index in [1.165, 1.54) is 13.2 Å². The molecule has 0 spiro atoms. The largest absolute Gasteiger partial charge is 0.494 e. The van der Waals surface area contributed by atoms with Gasteiger partial charge in [0.1, 0.15) is 5.75 Å². The van der Waals surface area contributed by atoms with Crippen LogP contribution in [-0.2, 0) is 16.0 Å². The predicted octanol–water partition coefficient (Wildman–Crippen LogP) is 1.63. The summed E-state index contributed by atoms with van der Waals surface area (Å²) in [5.41, 5.74) is 0.730. The van der Waals surface area contributed by atoms with Crippen LogP contribution in [0.25, 0.3) is 0 Å². The topological polar surface area (TPSA) is 93.3 Å². The third-order valence-electron chi connectivity index (χ3n) is 2.78. The fourth-order valence-corrected chi connectivity index (χ4v) is 1.82. The number of benzene rings is 1. The van der Waals surface area contributed by atoms with Gasteiger partial charge in [-0.05, 0) is 31.2 Å². The van der Waals surface area contributed by atoms with Gasteiger partial charge in [0.2, 0.25) is 5.95 Å². The lowest BCUT2D eigenvalue weighted by molar-refractivity contribution is -0.139. The van der Waals surface area contributed by atoms with Gasteiger partial charge in [-0.1, -0.05) is 0 Å². The number of hydrogen-bond donors (Lipinski definition) is 2. The summed E-state index contributed by atoms with van der Waals surface area (Å²) in [5, 5.41) is 2.97. The van der Waals surface area contributed by atoms with Crippen molar-refractivity contribution in [3.63, 3.8) is 0 Å². The number of anilines is 2. The molecule has 0 aliphatic rings. The molecule has 1 heterocycles. The van der Waals surface area contributed by atoms with E-state index in [2.05, 4.69) is 20.0 Å². The molecular formula is C15H17N3O4. The van der Waals surface area contributed by atoms with E-state index >= 15 is 0 Å². The van der Waals surface area contributed by atoms with E-state index in [1.54, 1.807) is 12.1 Å². The number of rotatable bonds is 6. The highest BCUT2D eigenvalue weighted by molar-refractivity contribution is 5.71. The van der Waals surface area contributed by atoms with Crippen LogP contribution >= 0.6 is 0 Å². The Morgan fingerprint density at radius 3 is 2.68 bits per heavy atom. The van der Waals surface area contributed by atoms with Gasteiger partial charge in [0, 0.05) is 11.8 Å². The average molecular weight is 303 g/mol. The van der Waals surface area contributed by atoms with E-state index in [0.717, 1.165) is 11.4 Å². The van der Waals surface area contributed by atoms with Crippen molar-refractivity contribution in [2.75, 3.05) is 19.0 Å². The van der Waals surface area contributed by atoms with Crippen molar-refractivity contribution in [3.8, 4) is 5.75 Å². The van der Waals surface area contributed by atoms with Crippen LogP contribution in [0.3, 0.4) is 0 Å². The van der Waals surface area contributed by atoms with Crippen LogP contribution < -0.4 is 15.6 Å². The van der Waals surface area contributed by atoms with E-state index in [0.29, 0.717) is 12.3 Å². The van der Waals surface area contributed by atoms with Crippen LogP contribution in [0.5, 0.6) is 5.75 Å². The van der Waals surface area contributed by atoms with E-state index in [-0.39, 0.29) is 17.9 Å². The highest BCUT2D eigenvalue weighted by Gasteiger charge is 2.07. The molecule has 22 heavy (non-hydrogen) atoms. The molecule has 116 valence electrons. The monoisotopic (exact) mass is 303 g/mol. The number of methoxy groups -OCH3 is 1. The molecule has 0 unspecified atom stereocenters. The van der Waals surface area contributed by atoms with Crippen molar-refractivity contribution in [2.24, 2.45) is 0 Å². The van der Waals surface area contributed by atoms with Gasteiger partial charge in [0.05, 0.1) is 25.8 Å². The van der Waals surface area contributed by atoms with Crippen LogP contribution in [0.15, 0.2) is 35.1 Å². The smallest absolute Gasteiger partial charge is 0.311 e. The maximum absolute atomic E-state index is 11.6. The second-order valence-electron chi connectivity index (χ2n) is 4.42. The molecule has 0 saturated carbocycles. The lowest BCUT2D eigenvalue weighted by atomic mass is 10.3. The molecule has 0 bridgehead atoms. The SMILES string of the molecule is CCOc1ccc(Nc2nc(CC(=O)OC)cc(=O)[nH]2)cc1. The minimum absolute atomic E-state index is 0.0572. The number of ether oxygens (including phenoxy) is 2. The zero-order chi connectivity index (χ0) is 15.9. The Morgan fingerprint density at radius 1 is 1.32 bits per heavy atom. The number of aromatic nitrogens is 2. The summed E-state index contributed by atoms with van der Waals surface area (Å²) in [6.07, 6.45) is -0.0572. The highest BCUT2D eigenvalue weighted by Crippen LogP contribution is 2.17. The Balaban J connectivity index is 2.14. The standard InChI is InChI=1S/C15H17N3O4/c1-3-22-12-6-4-10(5-7-12)16-15-17-11(8-13(19)18-15)9-14(20)21-2/h4-8H,3,9H2,1-2H3,(H2,16,17,18,19). The third-order valence-corrected chi connectivity index (χ3v) is 2.78. The Bertz CT molecular complexity index is 695. The summed E-state index contributed by atoms with van der Waals surface area (Å²) in [6, 6.07) is 8.49. The first-order valence-electron chi connectivity index (χ1n) is 6.77. The average Bonchev–Trinajstić information content (AvgIpc) is 2.49. The van der Waals surface area contributed by atoms with Crippen LogP contribution in [0.1, 0.15) is 12.6 Å². The molecule has 1 aromatic carbocycles. The summed E-state index contributed by atoms with van der Waals surface area (Å²) < 4.78 is 9.92. The summed E-state index contributed by atoms with van der Waals surface area (Å²) in [5.74, 6) is 0.564. The van der Waals surface area contributed by atoms with Crippen molar-refractivity contribution < 1.29 is 14.3 Å². The van der Waals surface area contributed by atoms with Crippen molar-refractivity contribution in [3.05, 3.63) is 46.4 Å². The zero-order valence-electron chi connectivity index (χ0n) is 12.4. The molecule has 2 N–H and O–H groups in total. The Labute approximate surface area is 127 Å². The Kier molecular flexibility index (Phi) is 5.13. The van der Waals surface area contributed by atoms with E-state index in [1.807, 2.05) is 19.1 Å². The van der Waals surface area contributed by atoms with Crippen LogP contribution in [0.2, 0.25) is 0 Å². The van der Waals surface area contributed by atoms with Gasteiger partial charge in [0.15, 0.2) is 0 Å². The minimum Gasteiger partial charge on any atom is -0.494 e. The first kappa shape index (κ1) is 15.6. The first-order chi connectivity index (χ1) is 10.6. The number of H-pyrrole nitrogens is 1. The maximum atomic E-state index is 11.6. The fourth-order valence-electron chi connectivity index (χ4n) is 1.82. The molecule has 0 aliphatic heterocycles. The fraction of sp³-hybridized carbons (Fsp3) is 0.267. The lowest BCUT2D eigenvalue weighted by Gasteiger charge is -2.08. The number of nitrogens with one attached hydrogen (secondary N) is 2. The zero-order valence-corrected chi connectivity index (χ0v) is 12.4. The Hall–Kier alpha value is -2.83. The molecule has 2 rings (SSSR count). The van der Waals surface area contributed by atoms with Crippen molar-refractivity contribution >= 4 is 17.6 Å². The quantitative estimate of drug-likeness (QED) is 0.788. The number of carbonyl (C=O) groups is 1. The number of esters is 1. The van der Waals surface area contributed by atoms with Gasteiger partial charge in [0.25, 0.3) is 5.56 Å². The van der Waals surface area contributed by atoms with Gasteiger partial charge in [-0.25, -0.2) is 4.98 Å². The molecule has 0 fully saturated rings. The second kappa shape index (κ2) is 7.26. The van der Waals surface area contributed by atoms with Crippen LogP contribution in [-0.4, -0.2) is 29.7 Å². The number of hydrogen-bond acceptors (Lipinski definition) is 6. The molecule has 0 amide bonds. The van der Waals surface area contributed by atoms with Crippen molar-refractivity contribution in [1.82, 2.24) is 9.97 Å². The molecule has 1 aromatic heterocycles. The number of aromatic amines is 1. The van der Waals surface area contributed by atoms with Gasteiger partial charge in [-0.3, -0.25) is 14.6 Å². The molecule has 0 saturated heterocycles. The van der Waals surface area contributed by atoms with Crippen molar-refractivity contribution in [1.29, 1.82) is 0 Å². The van der Waals surface area contributed by atoms with E-state index in [9.17, 15) is 9.59 Å². The second-order valence-corrected chi connectivity index (χ2v) is 4.42. The molecule has 0 atom stereocenters. The molecule has 7 heteroatoms. The summed E-state index contributed by atoms with van der Waals surface area (Å²) in [4.78, 5) is 29.6. The summed E-state index contributed by atoms with van der Waals surface area (Å²) in [6.45, 7) is 2.50. The molecular weight excluding hydrogens is 286 g/mol. The normalized spacial score (nSPS) is 10.1. The Morgan fingerprint density at radius 2 is 2.05 bits per heavy atom. The highest BCUT2D eigenvalue weighted by atomic mass is 16.5. The number of carbonyl (C=O) groups excluding carboxylic acids is 1. The molecule has 7 nitrogen and oxygen atoms in total. The van der Waals surface area contributed by atoms with Crippen LogP contribution in [0.4, 0.5) is 11.6 Å². The predicted molar refractivity (Wildman–Crippen MR) is 81.5 cm³/mol. The van der Waals surface area contributed by atoms with Gasteiger partial charge in [-0.2, -0.15) is 0 Å². The first-order valence-corrected chi connectivity index (χ1v) is 6.77.